The molecule has 0 radical (unpaired) electrons. The summed E-state index contributed by atoms with van der Waals surface area (Å²) < 4.78 is 8.92. The molecule has 0 aliphatic heterocycles. The molecule has 310 valence electrons. The lowest BCUT2D eigenvalue weighted by Crippen LogP contribution is -2.59. The van der Waals surface area contributed by atoms with Crippen LogP contribution >= 0.6 is 0 Å². The van der Waals surface area contributed by atoms with Crippen LogP contribution in [-0.2, 0) is 5.41 Å². The number of nitrogens with zero attached hydrogens (tertiary/aromatic N) is 2. The van der Waals surface area contributed by atoms with Crippen LogP contribution in [0.4, 0.5) is 17.1 Å². The van der Waals surface area contributed by atoms with Gasteiger partial charge in [0.25, 0.3) is 0 Å². The molecule has 0 saturated heterocycles. The number of furan rings is 1. The van der Waals surface area contributed by atoms with Crippen LogP contribution in [0.25, 0.3) is 82.5 Å². The van der Waals surface area contributed by atoms with Crippen molar-refractivity contribution in [2.75, 3.05) is 4.90 Å². The van der Waals surface area contributed by atoms with Gasteiger partial charge < -0.3 is 13.9 Å². The number of anilines is 3. The van der Waals surface area contributed by atoms with E-state index in [0.717, 1.165) is 67.9 Å². The lowest BCUT2D eigenvalue weighted by atomic mass is 9.38. The molecule has 15 rings (SSSR count). The number of hydrogen-bond donors (Lipinski definition) is 0. The average molecular weight is 835 g/mol. The zero-order chi connectivity index (χ0) is 42.4. The molecule has 9 aromatic carbocycles. The SMILES string of the molecule is c1cc(-c2ccc(N(c3ccc(-c4cccc5c4oc4ccccc45)cc3)c3cccc(C45C[C@@H]6CC7C[C@@H](C4)C76C5)c3)cc2)cc(-n2c3ccccc3c3c4ccccc4ccc32)c1. The van der Waals surface area contributed by atoms with Crippen LogP contribution in [0.2, 0.25) is 0 Å². The van der Waals surface area contributed by atoms with E-state index in [4.69, 9.17) is 4.42 Å². The van der Waals surface area contributed by atoms with Crippen LogP contribution < -0.4 is 4.90 Å². The molecule has 2 atom stereocenters. The molecule has 3 nitrogen and oxygen atoms in total. The van der Waals surface area contributed by atoms with E-state index in [1.807, 2.05) is 6.07 Å². The van der Waals surface area contributed by atoms with Crippen molar-refractivity contribution in [2.24, 2.45) is 23.2 Å². The number of para-hydroxylation sites is 3. The molecule has 4 fully saturated rings. The van der Waals surface area contributed by atoms with Crippen molar-refractivity contribution in [1.82, 2.24) is 4.57 Å². The molecule has 0 N–H and O–H groups in total. The van der Waals surface area contributed by atoms with Crippen LogP contribution in [0.3, 0.4) is 0 Å². The Balaban J connectivity index is 0.825. The minimum absolute atomic E-state index is 0.329. The molecular formula is C62H46N2O. The quantitative estimate of drug-likeness (QED) is 0.159. The lowest BCUT2D eigenvalue weighted by molar-refractivity contribution is -0.175. The summed E-state index contributed by atoms with van der Waals surface area (Å²) in [6.07, 6.45) is 7.12. The monoisotopic (exact) mass is 834 g/mol. The van der Waals surface area contributed by atoms with Gasteiger partial charge in [-0.2, -0.15) is 0 Å². The highest BCUT2D eigenvalue weighted by Crippen LogP contribution is 2.84. The maximum Gasteiger partial charge on any atom is 0.143 e. The third-order valence-electron chi connectivity index (χ3n) is 17.0. The van der Waals surface area contributed by atoms with Gasteiger partial charge in [-0.25, -0.2) is 0 Å². The fourth-order valence-electron chi connectivity index (χ4n) is 14.2. The van der Waals surface area contributed by atoms with Gasteiger partial charge in [0.2, 0.25) is 0 Å². The third-order valence-corrected chi connectivity index (χ3v) is 17.0. The van der Waals surface area contributed by atoms with Crippen molar-refractivity contribution in [3.63, 3.8) is 0 Å². The van der Waals surface area contributed by atoms with Crippen molar-refractivity contribution in [2.45, 2.75) is 37.5 Å². The summed E-state index contributed by atoms with van der Waals surface area (Å²) in [5.74, 6) is 2.90. The molecule has 0 amide bonds. The standard InChI is InChI=1S/C62H46N2O/c1-2-15-51-40(10-1)26-31-57-59(51)55-17-3-5-20-56(55)64(57)49-13-7-11-42(32-49)39-22-27-47(28-23-39)63(50-14-8-12-43(35-50)61-36-45-33-44-34-46(37-61)62(44,45)38-61)48-29-24-41(25-30-48)52-18-9-19-54-53-16-4-6-21-58(53)65-60(52)54/h1-32,35,44-46H,33-34,36-38H2/t44?,45-,46-,61?,62?/m0/s1. The predicted molar refractivity (Wildman–Crippen MR) is 269 cm³/mol. The smallest absolute Gasteiger partial charge is 0.143 e. The number of benzene rings is 9. The summed E-state index contributed by atoms with van der Waals surface area (Å²) >= 11 is 0. The van der Waals surface area contributed by atoms with Gasteiger partial charge in [-0.3, -0.25) is 0 Å². The highest BCUT2D eigenvalue weighted by atomic mass is 16.3. The fourth-order valence-corrected chi connectivity index (χ4v) is 14.2. The Morgan fingerprint density at radius 1 is 0.477 bits per heavy atom. The summed E-state index contributed by atoms with van der Waals surface area (Å²) in [6.45, 7) is 0. The van der Waals surface area contributed by atoms with Gasteiger partial charge in [-0.15, -0.1) is 0 Å². The molecular weight excluding hydrogens is 789 g/mol. The van der Waals surface area contributed by atoms with Crippen LogP contribution in [0.15, 0.2) is 205 Å². The first-order valence-corrected chi connectivity index (χ1v) is 23.7. The average Bonchev–Trinajstić information content (AvgIpc) is 4.09. The number of hydrogen-bond acceptors (Lipinski definition) is 2. The highest BCUT2D eigenvalue weighted by Gasteiger charge is 2.77. The van der Waals surface area contributed by atoms with Gasteiger partial charge in [0.1, 0.15) is 11.2 Å². The largest absolute Gasteiger partial charge is 0.455 e. The molecule has 0 unspecified atom stereocenters. The summed E-state index contributed by atoms with van der Waals surface area (Å²) in [5.41, 5.74) is 16.2. The second-order valence-corrected chi connectivity index (χ2v) is 19.9. The lowest BCUT2D eigenvalue weighted by Gasteiger charge is -2.66. The normalized spacial score (nSPS) is 22.7. The Kier molecular flexibility index (Phi) is 7.27. The summed E-state index contributed by atoms with van der Waals surface area (Å²) in [6, 6.07) is 74.1. The van der Waals surface area contributed by atoms with Gasteiger partial charge in [-0.1, -0.05) is 133 Å². The topological polar surface area (TPSA) is 21.3 Å². The van der Waals surface area contributed by atoms with Gasteiger partial charge in [0.15, 0.2) is 0 Å². The summed E-state index contributed by atoms with van der Waals surface area (Å²) in [4.78, 5) is 2.47. The molecule has 3 heteroatoms. The van der Waals surface area contributed by atoms with Crippen molar-refractivity contribution in [3.8, 4) is 27.9 Å². The highest BCUT2D eigenvalue weighted by molar-refractivity contribution is 6.21. The maximum atomic E-state index is 6.49. The molecule has 11 aromatic rings. The van der Waals surface area contributed by atoms with Crippen LogP contribution in [0.5, 0.6) is 0 Å². The molecule has 2 heterocycles. The molecule has 65 heavy (non-hydrogen) atoms. The zero-order valence-corrected chi connectivity index (χ0v) is 36.1. The maximum absolute atomic E-state index is 6.49. The Hall–Kier alpha value is -7.36. The molecule has 2 aromatic heterocycles. The first kappa shape index (κ1) is 36.0. The summed E-state index contributed by atoms with van der Waals surface area (Å²) in [5, 5.41) is 7.45. The Morgan fingerprint density at radius 2 is 1.17 bits per heavy atom. The van der Waals surface area contributed by atoms with E-state index in [1.165, 1.54) is 81.5 Å². The fraction of sp³-hybridized carbons (Fsp3) is 0.161. The van der Waals surface area contributed by atoms with Crippen LogP contribution in [0, 0.1) is 23.2 Å². The Morgan fingerprint density at radius 3 is 1.97 bits per heavy atom. The minimum atomic E-state index is 0.329. The predicted octanol–water partition coefficient (Wildman–Crippen LogP) is 16.7. The van der Waals surface area contributed by atoms with E-state index >= 15 is 0 Å². The zero-order valence-electron chi connectivity index (χ0n) is 36.1. The number of fused-ring (bicyclic) bond motifs is 9. The van der Waals surface area contributed by atoms with E-state index in [2.05, 4.69) is 204 Å². The van der Waals surface area contributed by atoms with E-state index in [1.54, 1.807) is 5.56 Å². The summed E-state index contributed by atoms with van der Waals surface area (Å²) in [7, 11) is 0. The molecule has 2 bridgehead atoms. The van der Waals surface area contributed by atoms with Gasteiger partial charge in [0, 0.05) is 49.9 Å². The first-order valence-electron chi connectivity index (χ1n) is 23.7. The van der Waals surface area contributed by atoms with Crippen LogP contribution in [0.1, 0.15) is 37.7 Å². The van der Waals surface area contributed by atoms with E-state index < -0.39 is 0 Å². The second kappa shape index (κ2) is 13.1. The van der Waals surface area contributed by atoms with Gasteiger partial charge in [-0.05, 0) is 160 Å². The van der Waals surface area contributed by atoms with Crippen LogP contribution in [-0.4, -0.2) is 4.57 Å². The minimum Gasteiger partial charge on any atom is -0.455 e. The van der Waals surface area contributed by atoms with Gasteiger partial charge in [0.05, 0.1) is 11.0 Å². The molecule has 1 spiro atoms. The van der Waals surface area contributed by atoms with Crippen molar-refractivity contribution in [3.05, 3.63) is 206 Å². The third kappa shape index (κ3) is 4.96. The van der Waals surface area contributed by atoms with E-state index in [9.17, 15) is 0 Å². The van der Waals surface area contributed by atoms with Crippen molar-refractivity contribution >= 4 is 71.6 Å². The van der Waals surface area contributed by atoms with Crippen molar-refractivity contribution < 1.29 is 4.42 Å². The molecule has 4 saturated carbocycles. The molecule has 4 aliphatic carbocycles. The first-order chi connectivity index (χ1) is 32.1. The van der Waals surface area contributed by atoms with E-state index in [0.29, 0.717) is 10.8 Å². The molecule has 4 aliphatic rings. The Labute approximate surface area is 378 Å². The second-order valence-electron chi connectivity index (χ2n) is 19.9. The Bertz CT molecular complexity index is 3720. The van der Waals surface area contributed by atoms with Gasteiger partial charge >= 0.3 is 0 Å². The van der Waals surface area contributed by atoms with Crippen molar-refractivity contribution in [1.29, 1.82) is 0 Å². The van der Waals surface area contributed by atoms with E-state index in [-0.39, 0.29) is 0 Å². The number of aromatic nitrogens is 1. The number of rotatable bonds is 7.